The van der Waals surface area contributed by atoms with Gasteiger partial charge in [-0.2, -0.15) is 0 Å². The van der Waals surface area contributed by atoms with Crippen LogP contribution in [0, 0.1) is 15.9 Å². The molecule has 0 unspecified atom stereocenters. The first kappa shape index (κ1) is 14.4. The highest BCUT2D eigenvalue weighted by atomic mass is 35.5. The molecule has 0 bridgehead atoms. The van der Waals surface area contributed by atoms with Crippen molar-refractivity contribution in [1.82, 2.24) is 5.32 Å². The van der Waals surface area contributed by atoms with Gasteiger partial charge in [0, 0.05) is 23.0 Å². The number of nitro groups is 1. The van der Waals surface area contributed by atoms with Crippen molar-refractivity contribution in [3.63, 3.8) is 0 Å². The van der Waals surface area contributed by atoms with E-state index in [0.717, 1.165) is 18.2 Å². The number of carbonyl (C=O) groups excluding carboxylic acids is 1. The van der Waals surface area contributed by atoms with Crippen LogP contribution in [-0.2, 0) is 0 Å². The van der Waals surface area contributed by atoms with Gasteiger partial charge in [-0.3, -0.25) is 14.9 Å². The Bertz CT molecular complexity index is 491. The number of nitro benzene ring substituents is 1. The maximum atomic E-state index is 13.2. The van der Waals surface area contributed by atoms with Gasteiger partial charge in [0.2, 0.25) is 0 Å². The van der Waals surface area contributed by atoms with Crippen LogP contribution in [0.25, 0.3) is 0 Å². The molecule has 0 fully saturated rings. The molecule has 5 nitrogen and oxygen atoms in total. The molecular weight excluding hydrogens is 263 g/mol. The SMILES string of the molecule is CC(C)(CCl)NC(=O)c1cc(F)cc([N+](=O)[O-])c1. The van der Waals surface area contributed by atoms with E-state index in [9.17, 15) is 19.3 Å². The van der Waals surface area contributed by atoms with Gasteiger partial charge in [-0.1, -0.05) is 0 Å². The number of halogens is 2. The van der Waals surface area contributed by atoms with Gasteiger partial charge in [0.1, 0.15) is 5.82 Å². The zero-order valence-corrected chi connectivity index (χ0v) is 10.6. The van der Waals surface area contributed by atoms with Crippen molar-refractivity contribution in [3.05, 3.63) is 39.7 Å². The molecule has 1 rings (SSSR count). The van der Waals surface area contributed by atoms with E-state index in [1.54, 1.807) is 13.8 Å². The Morgan fingerprint density at radius 1 is 1.50 bits per heavy atom. The molecule has 0 spiro atoms. The topological polar surface area (TPSA) is 72.2 Å². The number of nitrogens with zero attached hydrogens (tertiary/aromatic N) is 1. The zero-order chi connectivity index (χ0) is 13.9. The Morgan fingerprint density at radius 3 is 2.61 bits per heavy atom. The molecule has 0 heterocycles. The van der Waals surface area contributed by atoms with Gasteiger partial charge in [0.25, 0.3) is 11.6 Å². The van der Waals surface area contributed by atoms with Crippen LogP contribution < -0.4 is 5.32 Å². The molecule has 0 atom stereocenters. The Labute approximate surface area is 108 Å². The predicted octanol–water partition coefficient (Wildman–Crippen LogP) is 2.48. The second-order valence-corrected chi connectivity index (χ2v) is 4.69. The summed E-state index contributed by atoms with van der Waals surface area (Å²) >= 11 is 5.64. The van der Waals surface area contributed by atoms with Gasteiger partial charge < -0.3 is 5.32 Å². The van der Waals surface area contributed by atoms with Gasteiger partial charge in [-0.25, -0.2) is 4.39 Å². The number of rotatable bonds is 4. The number of benzene rings is 1. The second kappa shape index (κ2) is 5.30. The molecule has 0 saturated heterocycles. The molecule has 0 radical (unpaired) electrons. The Balaban J connectivity index is 3.03. The summed E-state index contributed by atoms with van der Waals surface area (Å²) in [5, 5.41) is 13.1. The molecule has 18 heavy (non-hydrogen) atoms. The van der Waals surface area contributed by atoms with Crippen LogP contribution in [0.2, 0.25) is 0 Å². The lowest BCUT2D eigenvalue weighted by atomic mass is 10.1. The van der Waals surface area contributed by atoms with Crippen LogP contribution >= 0.6 is 11.6 Å². The number of nitrogens with one attached hydrogen (secondary N) is 1. The maximum absolute atomic E-state index is 13.2. The van der Waals surface area contributed by atoms with E-state index in [1.807, 2.05) is 0 Å². The van der Waals surface area contributed by atoms with Gasteiger partial charge >= 0.3 is 0 Å². The minimum absolute atomic E-state index is 0.111. The lowest BCUT2D eigenvalue weighted by Gasteiger charge is -2.23. The van der Waals surface area contributed by atoms with Crippen molar-refractivity contribution in [2.24, 2.45) is 0 Å². The van der Waals surface area contributed by atoms with Crippen molar-refractivity contribution in [1.29, 1.82) is 0 Å². The van der Waals surface area contributed by atoms with Crippen molar-refractivity contribution < 1.29 is 14.1 Å². The van der Waals surface area contributed by atoms with Gasteiger partial charge in [0.15, 0.2) is 0 Å². The third kappa shape index (κ3) is 3.66. The quantitative estimate of drug-likeness (QED) is 0.521. The first-order valence-corrected chi connectivity index (χ1v) is 5.62. The zero-order valence-electron chi connectivity index (χ0n) is 9.87. The van der Waals surface area contributed by atoms with Crippen molar-refractivity contribution in [2.75, 3.05) is 5.88 Å². The summed E-state index contributed by atoms with van der Waals surface area (Å²) in [5.41, 5.74) is -1.26. The Kier molecular flexibility index (Phi) is 4.24. The third-order valence-electron chi connectivity index (χ3n) is 2.14. The Hall–Kier alpha value is -1.69. The second-order valence-electron chi connectivity index (χ2n) is 4.43. The van der Waals surface area contributed by atoms with E-state index < -0.39 is 27.9 Å². The first-order chi connectivity index (χ1) is 8.25. The third-order valence-corrected chi connectivity index (χ3v) is 2.81. The summed E-state index contributed by atoms with van der Waals surface area (Å²) in [7, 11) is 0. The number of hydrogen-bond donors (Lipinski definition) is 1. The van der Waals surface area contributed by atoms with E-state index in [1.165, 1.54) is 0 Å². The molecule has 98 valence electrons. The number of hydrogen-bond acceptors (Lipinski definition) is 3. The van der Waals surface area contributed by atoms with Crippen LogP contribution in [0.4, 0.5) is 10.1 Å². The minimum atomic E-state index is -0.835. The lowest BCUT2D eigenvalue weighted by molar-refractivity contribution is -0.385. The minimum Gasteiger partial charge on any atom is -0.346 e. The molecule has 7 heteroatoms. The smallest absolute Gasteiger partial charge is 0.273 e. The van der Waals surface area contributed by atoms with Crippen molar-refractivity contribution >= 4 is 23.2 Å². The van der Waals surface area contributed by atoms with Crippen LogP contribution in [0.1, 0.15) is 24.2 Å². The van der Waals surface area contributed by atoms with Gasteiger partial charge in [0.05, 0.1) is 11.0 Å². The highest BCUT2D eigenvalue weighted by Crippen LogP contribution is 2.17. The first-order valence-electron chi connectivity index (χ1n) is 5.08. The summed E-state index contributed by atoms with van der Waals surface area (Å²) < 4.78 is 13.2. The number of non-ortho nitro benzene ring substituents is 1. The van der Waals surface area contributed by atoms with Gasteiger partial charge in [-0.05, 0) is 19.9 Å². The molecule has 0 aromatic heterocycles. The monoisotopic (exact) mass is 274 g/mol. The largest absolute Gasteiger partial charge is 0.346 e. The van der Waals surface area contributed by atoms with E-state index in [0.29, 0.717) is 0 Å². The maximum Gasteiger partial charge on any atom is 0.273 e. The highest BCUT2D eigenvalue weighted by molar-refractivity contribution is 6.18. The van der Waals surface area contributed by atoms with E-state index in [2.05, 4.69) is 5.32 Å². The van der Waals surface area contributed by atoms with Crippen LogP contribution in [-0.4, -0.2) is 22.2 Å². The number of carbonyl (C=O) groups is 1. The summed E-state index contributed by atoms with van der Waals surface area (Å²) in [6.45, 7) is 3.37. The predicted molar refractivity (Wildman–Crippen MR) is 65.3 cm³/mol. The highest BCUT2D eigenvalue weighted by Gasteiger charge is 2.22. The molecule has 0 saturated carbocycles. The Morgan fingerprint density at radius 2 is 2.11 bits per heavy atom. The summed E-state index contributed by atoms with van der Waals surface area (Å²) in [6, 6.07) is 2.71. The van der Waals surface area contributed by atoms with Crippen molar-refractivity contribution in [2.45, 2.75) is 19.4 Å². The van der Waals surface area contributed by atoms with E-state index in [4.69, 9.17) is 11.6 Å². The molecule has 1 aromatic carbocycles. The fraction of sp³-hybridized carbons (Fsp3) is 0.364. The molecule has 1 N–H and O–H groups in total. The van der Waals surface area contributed by atoms with Crippen LogP contribution in [0.15, 0.2) is 18.2 Å². The summed E-state index contributed by atoms with van der Waals surface area (Å²) in [6.07, 6.45) is 0. The molecule has 0 aliphatic carbocycles. The fourth-order valence-corrected chi connectivity index (χ4v) is 1.29. The number of amides is 1. The lowest BCUT2D eigenvalue weighted by Crippen LogP contribution is -2.44. The standard InChI is InChI=1S/C11H12ClFN2O3/c1-11(2,6-12)14-10(16)7-3-8(13)5-9(4-7)15(17)18/h3-5H,6H2,1-2H3,(H,14,16). The molecule has 0 aliphatic rings. The van der Waals surface area contributed by atoms with Crippen LogP contribution in [0.3, 0.4) is 0 Å². The van der Waals surface area contributed by atoms with Gasteiger partial charge in [-0.15, -0.1) is 11.6 Å². The normalized spacial score (nSPS) is 11.1. The fourth-order valence-electron chi connectivity index (χ4n) is 1.22. The summed E-state index contributed by atoms with van der Waals surface area (Å²) in [4.78, 5) is 21.6. The van der Waals surface area contributed by atoms with E-state index in [-0.39, 0.29) is 11.4 Å². The summed E-state index contributed by atoms with van der Waals surface area (Å²) in [5.74, 6) is -1.28. The number of alkyl halides is 1. The molecular formula is C11H12ClFN2O3. The molecule has 1 aromatic rings. The van der Waals surface area contributed by atoms with E-state index >= 15 is 0 Å². The molecule has 1 amide bonds. The average Bonchev–Trinajstić information content (AvgIpc) is 2.27. The van der Waals surface area contributed by atoms with Crippen molar-refractivity contribution in [3.8, 4) is 0 Å². The molecule has 0 aliphatic heterocycles. The average molecular weight is 275 g/mol. The van der Waals surface area contributed by atoms with Crippen LogP contribution in [0.5, 0.6) is 0 Å².